The monoisotopic (exact) mass is 269 g/mol. The smallest absolute Gasteiger partial charge is 0.0557 e. The standard InChI is InChI=1S/C14H20ClNO2/c1-16(8-12-3-2-4-13(15)7-12)9-14(10-17)5-6-18-11-14/h2-4,7,17H,5-6,8-11H2,1H3. The van der Waals surface area contributed by atoms with Gasteiger partial charge in [-0.1, -0.05) is 23.7 Å². The molecule has 1 aliphatic heterocycles. The minimum Gasteiger partial charge on any atom is -0.396 e. The van der Waals surface area contributed by atoms with E-state index in [1.165, 1.54) is 5.56 Å². The summed E-state index contributed by atoms with van der Waals surface area (Å²) in [7, 11) is 2.07. The molecule has 4 heteroatoms. The summed E-state index contributed by atoms with van der Waals surface area (Å²) in [6.45, 7) is 3.28. The van der Waals surface area contributed by atoms with Crippen LogP contribution in [0, 0.1) is 5.41 Å². The maximum absolute atomic E-state index is 9.55. The third kappa shape index (κ3) is 3.45. The second kappa shape index (κ2) is 6.02. The van der Waals surface area contributed by atoms with Gasteiger partial charge in [-0.05, 0) is 31.2 Å². The Labute approximate surface area is 113 Å². The Morgan fingerprint density at radius 2 is 2.33 bits per heavy atom. The van der Waals surface area contributed by atoms with E-state index in [0.29, 0.717) is 6.61 Å². The molecule has 2 rings (SSSR count). The lowest BCUT2D eigenvalue weighted by Crippen LogP contribution is -2.38. The Morgan fingerprint density at radius 1 is 1.50 bits per heavy atom. The van der Waals surface area contributed by atoms with Gasteiger partial charge in [-0.15, -0.1) is 0 Å². The molecule has 1 fully saturated rings. The van der Waals surface area contributed by atoms with Crippen molar-refractivity contribution in [3.63, 3.8) is 0 Å². The summed E-state index contributed by atoms with van der Waals surface area (Å²) in [5, 5.41) is 10.3. The van der Waals surface area contributed by atoms with Crippen LogP contribution < -0.4 is 0 Å². The lowest BCUT2D eigenvalue weighted by Gasteiger charge is -2.30. The average molecular weight is 270 g/mol. The van der Waals surface area contributed by atoms with E-state index in [0.717, 1.165) is 31.1 Å². The second-order valence-corrected chi connectivity index (χ2v) is 5.70. The topological polar surface area (TPSA) is 32.7 Å². The molecule has 1 N–H and O–H groups in total. The Hall–Kier alpha value is -0.610. The normalized spacial score (nSPS) is 23.8. The molecule has 0 bridgehead atoms. The molecule has 1 atom stereocenters. The molecule has 3 nitrogen and oxygen atoms in total. The Kier molecular flexibility index (Phi) is 4.62. The molecule has 1 aromatic carbocycles. The van der Waals surface area contributed by atoms with Crippen molar-refractivity contribution >= 4 is 11.6 Å². The zero-order valence-corrected chi connectivity index (χ0v) is 11.5. The van der Waals surface area contributed by atoms with Crippen LogP contribution in [-0.4, -0.2) is 43.4 Å². The number of ether oxygens (including phenoxy) is 1. The van der Waals surface area contributed by atoms with Gasteiger partial charge in [0.15, 0.2) is 0 Å². The van der Waals surface area contributed by atoms with Gasteiger partial charge in [-0.25, -0.2) is 0 Å². The molecule has 18 heavy (non-hydrogen) atoms. The van der Waals surface area contributed by atoms with Crippen molar-refractivity contribution in [2.24, 2.45) is 5.41 Å². The third-order valence-electron chi connectivity index (χ3n) is 3.47. The van der Waals surface area contributed by atoms with Crippen molar-refractivity contribution in [3.8, 4) is 0 Å². The highest BCUT2D eigenvalue weighted by molar-refractivity contribution is 6.30. The molecule has 0 saturated carbocycles. The molecule has 0 radical (unpaired) electrons. The first kappa shape index (κ1) is 13.8. The molecule has 1 aromatic rings. The summed E-state index contributed by atoms with van der Waals surface area (Å²) in [4.78, 5) is 2.22. The fourth-order valence-corrected chi connectivity index (χ4v) is 2.74. The van der Waals surface area contributed by atoms with Gasteiger partial charge in [0.1, 0.15) is 0 Å². The van der Waals surface area contributed by atoms with Crippen molar-refractivity contribution in [2.75, 3.05) is 33.4 Å². The van der Waals surface area contributed by atoms with E-state index >= 15 is 0 Å². The van der Waals surface area contributed by atoms with Crippen molar-refractivity contribution in [3.05, 3.63) is 34.9 Å². The predicted octanol–water partition coefficient (Wildman–Crippen LogP) is 2.17. The van der Waals surface area contributed by atoms with Gasteiger partial charge in [-0.2, -0.15) is 0 Å². The number of nitrogens with zero attached hydrogens (tertiary/aromatic N) is 1. The first-order chi connectivity index (χ1) is 8.63. The van der Waals surface area contributed by atoms with Crippen LogP contribution in [0.1, 0.15) is 12.0 Å². The van der Waals surface area contributed by atoms with Crippen molar-refractivity contribution in [1.29, 1.82) is 0 Å². The first-order valence-corrected chi connectivity index (χ1v) is 6.63. The van der Waals surface area contributed by atoms with Crippen LogP contribution in [-0.2, 0) is 11.3 Å². The number of aliphatic hydroxyl groups is 1. The van der Waals surface area contributed by atoms with Gasteiger partial charge in [-0.3, -0.25) is 0 Å². The fourth-order valence-electron chi connectivity index (χ4n) is 2.52. The van der Waals surface area contributed by atoms with Crippen LogP contribution in [0.5, 0.6) is 0 Å². The van der Waals surface area contributed by atoms with E-state index in [4.69, 9.17) is 16.3 Å². The maximum Gasteiger partial charge on any atom is 0.0557 e. The van der Waals surface area contributed by atoms with Crippen molar-refractivity contribution < 1.29 is 9.84 Å². The van der Waals surface area contributed by atoms with Crippen LogP contribution in [0.4, 0.5) is 0 Å². The summed E-state index contributed by atoms with van der Waals surface area (Å²) in [5.74, 6) is 0. The SMILES string of the molecule is CN(Cc1cccc(Cl)c1)CC1(CO)CCOC1. The summed E-state index contributed by atoms with van der Waals surface area (Å²) in [6, 6.07) is 7.89. The maximum atomic E-state index is 9.55. The molecule has 1 unspecified atom stereocenters. The highest BCUT2D eigenvalue weighted by Gasteiger charge is 2.35. The predicted molar refractivity (Wildman–Crippen MR) is 72.7 cm³/mol. The van der Waals surface area contributed by atoms with Gasteiger partial charge >= 0.3 is 0 Å². The highest BCUT2D eigenvalue weighted by Crippen LogP contribution is 2.29. The molecular formula is C14H20ClNO2. The van der Waals surface area contributed by atoms with Crippen LogP contribution in [0.2, 0.25) is 5.02 Å². The quantitative estimate of drug-likeness (QED) is 0.889. The summed E-state index contributed by atoms with van der Waals surface area (Å²) in [6.07, 6.45) is 0.934. The van der Waals surface area contributed by atoms with Crippen LogP contribution in [0.3, 0.4) is 0 Å². The summed E-state index contributed by atoms with van der Waals surface area (Å²) < 4.78 is 5.41. The van der Waals surface area contributed by atoms with E-state index < -0.39 is 0 Å². The lowest BCUT2D eigenvalue weighted by atomic mass is 9.88. The van der Waals surface area contributed by atoms with E-state index in [1.54, 1.807) is 0 Å². The number of halogens is 1. The fraction of sp³-hybridized carbons (Fsp3) is 0.571. The molecule has 1 heterocycles. The zero-order chi connectivity index (χ0) is 13.0. The summed E-state index contributed by atoms with van der Waals surface area (Å²) in [5.41, 5.74) is 1.10. The Balaban J connectivity index is 1.93. The Morgan fingerprint density at radius 3 is 2.94 bits per heavy atom. The minimum absolute atomic E-state index is 0.0900. The molecule has 1 saturated heterocycles. The minimum atomic E-state index is -0.0900. The van der Waals surface area contributed by atoms with E-state index in [1.807, 2.05) is 18.2 Å². The highest BCUT2D eigenvalue weighted by atomic mass is 35.5. The molecule has 100 valence electrons. The third-order valence-corrected chi connectivity index (χ3v) is 3.70. The van der Waals surface area contributed by atoms with Gasteiger partial charge in [0.25, 0.3) is 0 Å². The number of aliphatic hydroxyl groups excluding tert-OH is 1. The van der Waals surface area contributed by atoms with Gasteiger partial charge in [0.05, 0.1) is 13.2 Å². The number of hydrogen-bond acceptors (Lipinski definition) is 3. The molecule has 0 aliphatic carbocycles. The zero-order valence-electron chi connectivity index (χ0n) is 10.7. The summed E-state index contributed by atoms with van der Waals surface area (Å²) >= 11 is 5.97. The molecular weight excluding hydrogens is 250 g/mol. The van der Waals surface area contributed by atoms with Crippen molar-refractivity contribution in [1.82, 2.24) is 4.90 Å². The van der Waals surface area contributed by atoms with Crippen molar-refractivity contribution in [2.45, 2.75) is 13.0 Å². The van der Waals surface area contributed by atoms with Gasteiger partial charge < -0.3 is 14.7 Å². The number of benzene rings is 1. The van der Waals surface area contributed by atoms with Gasteiger partial charge in [0.2, 0.25) is 0 Å². The largest absolute Gasteiger partial charge is 0.396 e. The van der Waals surface area contributed by atoms with Crippen LogP contribution >= 0.6 is 11.6 Å². The average Bonchev–Trinajstić information content (AvgIpc) is 2.78. The van der Waals surface area contributed by atoms with E-state index in [9.17, 15) is 5.11 Å². The number of hydrogen-bond donors (Lipinski definition) is 1. The molecule has 0 spiro atoms. The number of rotatable bonds is 5. The van der Waals surface area contributed by atoms with Gasteiger partial charge in [0, 0.05) is 30.1 Å². The van der Waals surface area contributed by atoms with E-state index in [-0.39, 0.29) is 12.0 Å². The molecule has 1 aliphatic rings. The van der Waals surface area contributed by atoms with Crippen LogP contribution in [0.15, 0.2) is 24.3 Å². The molecule has 0 aromatic heterocycles. The first-order valence-electron chi connectivity index (χ1n) is 6.25. The Bertz CT molecular complexity index is 391. The van der Waals surface area contributed by atoms with Crippen LogP contribution in [0.25, 0.3) is 0 Å². The second-order valence-electron chi connectivity index (χ2n) is 5.26. The lowest BCUT2D eigenvalue weighted by molar-refractivity contribution is 0.0625. The van der Waals surface area contributed by atoms with E-state index in [2.05, 4.69) is 18.0 Å². The molecule has 0 amide bonds.